The average Bonchev–Trinajstić information content (AvgIpc) is 2.26. The lowest BCUT2D eigenvalue weighted by molar-refractivity contribution is 0.0956. The second-order valence-electron chi connectivity index (χ2n) is 4.01. The SMILES string of the molecule is CCc1cc(C(=O)NCCS(C)(=O)=O)cc(N)n1. The zero-order valence-corrected chi connectivity index (χ0v) is 11.3. The summed E-state index contributed by atoms with van der Waals surface area (Å²) < 4.78 is 21.8. The van der Waals surface area contributed by atoms with Gasteiger partial charge in [-0.15, -0.1) is 0 Å². The Bertz CT molecular complexity index is 540. The third kappa shape index (κ3) is 4.70. The van der Waals surface area contributed by atoms with Gasteiger partial charge in [-0.1, -0.05) is 6.92 Å². The van der Waals surface area contributed by atoms with Crippen LogP contribution in [0, 0.1) is 0 Å². The van der Waals surface area contributed by atoms with Crippen LogP contribution in [0.25, 0.3) is 0 Å². The minimum atomic E-state index is -3.07. The summed E-state index contributed by atoms with van der Waals surface area (Å²) in [7, 11) is -3.07. The molecule has 0 fully saturated rings. The van der Waals surface area contributed by atoms with E-state index in [0.717, 1.165) is 11.9 Å². The summed E-state index contributed by atoms with van der Waals surface area (Å²) in [5, 5.41) is 2.53. The summed E-state index contributed by atoms with van der Waals surface area (Å²) in [6.07, 6.45) is 1.80. The third-order valence-corrected chi connectivity index (χ3v) is 3.23. The summed E-state index contributed by atoms with van der Waals surface area (Å²) in [4.78, 5) is 15.8. The van der Waals surface area contributed by atoms with Crippen molar-refractivity contribution in [3.05, 3.63) is 23.4 Å². The van der Waals surface area contributed by atoms with Gasteiger partial charge in [0.05, 0.1) is 5.75 Å². The van der Waals surface area contributed by atoms with Crippen LogP contribution in [0.5, 0.6) is 0 Å². The van der Waals surface area contributed by atoms with Crippen LogP contribution in [0.4, 0.5) is 5.82 Å². The third-order valence-electron chi connectivity index (χ3n) is 2.28. The van der Waals surface area contributed by atoms with Crippen LogP contribution in [0.15, 0.2) is 12.1 Å². The number of hydrogen-bond donors (Lipinski definition) is 2. The van der Waals surface area contributed by atoms with Gasteiger partial charge in [0.25, 0.3) is 5.91 Å². The van der Waals surface area contributed by atoms with E-state index in [0.29, 0.717) is 12.0 Å². The number of nitrogens with zero attached hydrogens (tertiary/aromatic N) is 1. The monoisotopic (exact) mass is 271 g/mol. The highest BCUT2D eigenvalue weighted by atomic mass is 32.2. The van der Waals surface area contributed by atoms with E-state index in [1.54, 1.807) is 6.07 Å². The second-order valence-corrected chi connectivity index (χ2v) is 6.27. The predicted octanol–water partition coefficient (Wildman–Crippen LogP) is 0.000600. The van der Waals surface area contributed by atoms with Crippen molar-refractivity contribution >= 4 is 21.6 Å². The largest absolute Gasteiger partial charge is 0.384 e. The Balaban J connectivity index is 2.69. The average molecular weight is 271 g/mol. The summed E-state index contributed by atoms with van der Waals surface area (Å²) in [6, 6.07) is 3.11. The highest BCUT2D eigenvalue weighted by Crippen LogP contribution is 2.08. The highest BCUT2D eigenvalue weighted by Gasteiger charge is 2.09. The molecule has 18 heavy (non-hydrogen) atoms. The molecule has 3 N–H and O–H groups in total. The van der Waals surface area contributed by atoms with E-state index >= 15 is 0 Å². The molecule has 0 aliphatic heterocycles. The van der Waals surface area contributed by atoms with Gasteiger partial charge < -0.3 is 11.1 Å². The molecule has 0 aliphatic rings. The molecular formula is C11H17N3O3S. The number of carbonyl (C=O) groups excluding carboxylic acids is 1. The van der Waals surface area contributed by atoms with Crippen molar-refractivity contribution in [1.82, 2.24) is 10.3 Å². The maximum absolute atomic E-state index is 11.8. The lowest BCUT2D eigenvalue weighted by Gasteiger charge is -2.06. The Labute approximate surface area is 107 Å². The number of aryl methyl sites for hydroxylation is 1. The minimum Gasteiger partial charge on any atom is -0.384 e. The molecule has 0 aromatic carbocycles. The van der Waals surface area contributed by atoms with Gasteiger partial charge in [-0.2, -0.15) is 0 Å². The lowest BCUT2D eigenvalue weighted by Crippen LogP contribution is -2.29. The number of pyridine rings is 1. The molecule has 0 radical (unpaired) electrons. The Morgan fingerprint density at radius 3 is 2.67 bits per heavy atom. The number of nitrogens with one attached hydrogen (secondary N) is 1. The van der Waals surface area contributed by atoms with E-state index in [1.807, 2.05) is 6.92 Å². The minimum absolute atomic E-state index is 0.0834. The maximum atomic E-state index is 11.8. The lowest BCUT2D eigenvalue weighted by atomic mass is 10.2. The number of amides is 1. The van der Waals surface area contributed by atoms with Crippen LogP contribution in [-0.2, 0) is 16.3 Å². The molecule has 0 atom stereocenters. The molecule has 1 rings (SSSR count). The van der Waals surface area contributed by atoms with E-state index in [4.69, 9.17) is 5.73 Å². The fourth-order valence-corrected chi connectivity index (χ4v) is 1.85. The normalized spacial score (nSPS) is 11.2. The van der Waals surface area contributed by atoms with Crippen LogP contribution >= 0.6 is 0 Å². The maximum Gasteiger partial charge on any atom is 0.251 e. The van der Waals surface area contributed by atoms with E-state index in [9.17, 15) is 13.2 Å². The number of carbonyl (C=O) groups is 1. The molecule has 1 aromatic heterocycles. The molecule has 1 aromatic rings. The van der Waals surface area contributed by atoms with Crippen molar-refractivity contribution in [2.45, 2.75) is 13.3 Å². The first-order valence-electron chi connectivity index (χ1n) is 5.54. The number of hydrogen-bond acceptors (Lipinski definition) is 5. The molecule has 7 heteroatoms. The number of aromatic nitrogens is 1. The molecule has 0 spiro atoms. The molecule has 100 valence electrons. The number of sulfone groups is 1. The van der Waals surface area contributed by atoms with Gasteiger partial charge in [0.1, 0.15) is 15.7 Å². The molecule has 0 bridgehead atoms. The molecule has 0 saturated heterocycles. The van der Waals surface area contributed by atoms with Gasteiger partial charge >= 0.3 is 0 Å². The second kappa shape index (κ2) is 5.81. The Kier molecular flexibility index (Phi) is 4.66. The standard InChI is InChI=1S/C11H17N3O3S/c1-3-9-6-8(7-10(12)14-9)11(15)13-4-5-18(2,16)17/h6-7H,3-5H2,1-2H3,(H2,12,14)(H,13,15). The van der Waals surface area contributed by atoms with Crippen molar-refractivity contribution in [2.24, 2.45) is 0 Å². The zero-order valence-electron chi connectivity index (χ0n) is 10.4. The predicted molar refractivity (Wildman–Crippen MR) is 70.1 cm³/mol. The Morgan fingerprint density at radius 1 is 1.44 bits per heavy atom. The van der Waals surface area contributed by atoms with E-state index < -0.39 is 9.84 Å². The van der Waals surface area contributed by atoms with Crippen LogP contribution < -0.4 is 11.1 Å². The smallest absolute Gasteiger partial charge is 0.251 e. The number of rotatable bonds is 5. The first-order valence-corrected chi connectivity index (χ1v) is 7.60. The molecule has 0 saturated carbocycles. The van der Waals surface area contributed by atoms with Crippen LogP contribution in [0.1, 0.15) is 23.0 Å². The first kappa shape index (κ1) is 14.4. The summed E-state index contributed by atoms with van der Waals surface area (Å²) in [5.41, 5.74) is 6.71. The summed E-state index contributed by atoms with van der Waals surface area (Å²) in [6.45, 7) is 1.99. The topological polar surface area (TPSA) is 102 Å². The van der Waals surface area contributed by atoms with E-state index in [1.165, 1.54) is 6.07 Å². The van der Waals surface area contributed by atoms with E-state index in [2.05, 4.69) is 10.3 Å². The van der Waals surface area contributed by atoms with Crippen molar-refractivity contribution in [1.29, 1.82) is 0 Å². The van der Waals surface area contributed by atoms with Gasteiger partial charge in [0.15, 0.2) is 0 Å². The summed E-state index contributed by atoms with van der Waals surface area (Å²) >= 11 is 0. The number of nitrogen functional groups attached to an aromatic ring is 1. The summed E-state index contributed by atoms with van der Waals surface area (Å²) in [5.74, 6) is -0.148. The Morgan fingerprint density at radius 2 is 2.11 bits per heavy atom. The van der Waals surface area contributed by atoms with Gasteiger partial charge in [0.2, 0.25) is 0 Å². The number of anilines is 1. The van der Waals surface area contributed by atoms with Gasteiger partial charge in [-0.05, 0) is 18.6 Å². The molecular weight excluding hydrogens is 254 g/mol. The van der Waals surface area contributed by atoms with Gasteiger partial charge in [-0.25, -0.2) is 13.4 Å². The fraction of sp³-hybridized carbons (Fsp3) is 0.455. The first-order chi connectivity index (χ1) is 8.31. The zero-order chi connectivity index (χ0) is 13.8. The molecule has 0 aliphatic carbocycles. The molecule has 0 unspecified atom stereocenters. The number of nitrogens with two attached hydrogens (primary N) is 1. The highest BCUT2D eigenvalue weighted by molar-refractivity contribution is 7.90. The van der Waals surface area contributed by atoms with Gasteiger partial charge in [0, 0.05) is 24.1 Å². The van der Waals surface area contributed by atoms with Gasteiger partial charge in [-0.3, -0.25) is 4.79 Å². The molecule has 1 heterocycles. The van der Waals surface area contributed by atoms with Crippen molar-refractivity contribution in [2.75, 3.05) is 24.3 Å². The van der Waals surface area contributed by atoms with Crippen LogP contribution in [-0.4, -0.2) is 37.9 Å². The van der Waals surface area contributed by atoms with Crippen LogP contribution in [0.3, 0.4) is 0 Å². The fourth-order valence-electron chi connectivity index (χ4n) is 1.38. The van der Waals surface area contributed by atoms with Crippen molar-refractivity contribution in [3.8, 4) is 0 Å². The van der Waals surface area contributed by atoms with E-state index in [-0.39, 0.29) is 24.0 Å². The molecule has 6 nitrogen and oxygen atoms in total. The van der Waals surface area contributed by atoms with Crippen LogP contribution in [0.2, 0.25) is 0 Å². The quantitative estimate of drug-likeness (QED) is 0.785. The van der Waals surface area contributed by atoms with Crippen molar-refractivity contribution in [3.63, 3.8) is 0 Å². The van der Waals surface area contributed by atoms with Crippen molar-refractivity contribution < 1.29 is 13.2 Å². The Hall–Kier alpha value is -1.63. The molecule has 1 amide bonds.